The summed E-state index contributed by atoms with van der Waals surface area (Å²) < 4.78 is 18.2. The molecule has 1 aromatic carbocycles. The van der Waals surface area contributed by atoms with E-state index in [4.69, 9.17) is 14.2 Å². The molecule has 0 aliphatic carbocycles. The second-order valence-corrected chi connectivity index (χ2v) is 8.76. The van der Waals surface area contributed by atoms with Crippen LogP contribution in [0.4, 0.5) is 0 Å². The van der Waals surface area contributed by atoms with Gasteiger partial charge in [-0.05, 0) is 37.3 Å². The number of hydrogen-bond donors (Lipinski definition) is 1. The Labute approximate surface area is 167 Å². The molecule has 28 heavy (non-hydrogen) atoms. The Balaban J connectivity index is 1.24. The van der Waals surface area contributed by atoms with Crippen LogP contribution in [0.2, 0.25) is 0 Å². The standard InChI is InChI=1S/C22H32N2O4/c1-16(2)13-20-21(25)23-15-22(28-20)8-11-24(12-9-22)10-7-17-14-26-18-5-3-4-6-19(18)27-17/h3-6,16-17,20H,7-15H2,1-2H3,(H,23,25). The number of fused-ring (bicyclic) bond motifs is 1. The van der Waals surface area contributed by atoms with Gasteiger partial charge in [0.2, 0.25) is 5.91 Å². The number of morpholine rings is 1. The Hall–Kier alpha value is -1.79. The fourth-order valence-electron chi connectivity index (χ4n) is 4.35. The van der Waals surface area contributed by atoms with Crippen LogP contribution in [0.1, 0.15) is 39.5 Å². The molecule has 3 heterocycles. The van der Waals surface area contributed by atoms with Crippen molar-refractivity contribution in [2.24, 2.45) is 5.92 Å². The average Bonchev–Trinajstić information content (AvgIpc) is 2.70. The molecule has 2 unspecified atom stereocenters. The number of para-hydroxylation sites is 2. The van der Waals surface area contributed by atoms with Crippen molar-refractivity contribution in [1.82, 2.24) is 10.2 Å². The Morgan fingerprint density at radius 1 is 1.21 bits per heavy atom. The molecule has 2 atom stereocenters. The number of carbonyl (C=O) groups is 1. The molecule has 2 fully saturated rings. The second-order valence-electron chi connectivity index (χ2n) is 8.76. The van der Waals surface area contributed by atoms with Gasteiger partial charge in [-0.25, -0.2) is 0 Å². The Kier molecular flexibility index (Phi) is 5.78. The van der Waals surface area contributed by atoms with E-state index in [9.17, 15) is 4.79 Å². The molecule has 4 rings (SSSR count). The Morgan fingerprint density at radius 3 is 2.71 bits per heavy atom. The zero-order valence-electron chi connectivity index (χ0n) is 17.0. The summed E-state index contributed by atoms with van der Waals surface area (Å²) in [6, 6.07) is 7.86. The molecule has 6 nitrogen and oxygen atoms in total. The highest BCUT2D eigenvalue weighted by atomic mass is 16.6. The molecule has 1 aromatic rings. The topological polar surface area (TPSA) is 60.0 Å². The van der Waals surface area contributed by atoms with E-state index in [1.807, 2.05) is 24.3 Å². The van der Waals surface area contributed by atoms with E-state index in [1.54, 1.807) is 0 Å². The zero-order valence-corrected chi connectivity index (χ0v) is 17.0. The molecule has 1 N–H and O–H groups in total. The summed E-state index contributed by atoms with van der Waals surface area (Å²) in [7, 11) is 0. The lowest BCUT2D eigenvalue weighted by Gasteiger charge is -2.46. The van der Waals surface area contributed by atoms with Crippen LogP contribution in [0.15, 0.2) is 24.3 Å². The van der Waals surface area contributed by atoms with Crippen LogP contribution in [0.25, 0.3) is 0 Å². The molecule has 3 aliphatic rings. The number of rotatable bonds is 5. The maximum absolute atomic E-state index is 12.1. The minimum absolute atomic E-state index is 0.0523. The van der Waals surface area contributed by atoms with Crippen molar-refractivity contribution in [2.45, 2.75) is 57.3 Å². The molecule has 6 heteroatoms. The van der Waals surface area contributed by atoms with Gasteiger partial charge < -0.3 is 24.4 Å². The van der Waals surface area contributed by atoms with Gasteiger partial charge in [0, 0.05) is 32.6 Å². The molecule has 0 bridgehead atoms. The molecule has 3 aliphatic heterocycles. The average molecular weight is 389 g/mol. The van der Waals surface area contributed by atoms with Crippen molar-refractivity contribution < 1.29 is 19.0 Å². The number of amides is 1. The lowest BCUT2D eigenvalue weighted by molar-refractivity contribution is -0.173. The predicted molar refractivity (Wildman–Crippen MR) is 107 cm³/mol. The molecule has 0 aromatic heterocycles. The highest BCUT2D eigenvalue weighted by Crippen LogP contribution is 2.33. The molecule has 0 radical (unpaired) electrons. The summed E-state index contributed by atoms with van der Waals surface area (Å²) in [6.07, 6.45) is 3.48. The first-order valence-corrected chi connectivity index (χ1v) is 10.6. The highest BCUT2D eigenvalue weighted by Gasteiger charge is 2.43. The second kappa shape index (κ2) is 8.29. The van der Waals surface area contributed by atoms with E-state index in [0.29, 0.717) is 19.1 Å². The van der Waals surface area contributed by atoms with E-state index in [2.05, 4.69) is 24.1 Å². The van der Waals surface area contributed by atoms with Crippen LogP contribution >= 0.6 is 0 Å². The van der Waals surface area contributed by atoms with Crippen LogP contribution < -0.4 is 14.8 Å². The fourth-order valence-corrected chi connectivity index (χ4v) is 4.35. The first kappa shape index (κ1) is 19.5. The van der Waals surface area contributed by atoms with E-state index >= 15 is 0 Å². The number of nitrogens with one attached hydrogen (secondary N) is 1. The SMILES string of the molecule is CC(C)CC1OC2(CCN(CCC3COc4ccccc4O3)CC2)CNC1=O. The zero-order chi connectivity index (χ0) is 19.6. The number of nitrogens with zero attached hydrogens (tertiary/aromatic N) is 1. The molecular formula is C22H32N2O4. The monoisotopic (exact) mass is 388 g/mol. The van der Waals surface area contributed by atoms with Crippen molar-refractivity contribution in [3.63, 3.8) is 0 Å². The van der Waals surface area contributed by atoms with Crippen LogP contribution in [0, 0.1) is 5.92 Å². The van der Waals surface area contributed by atoms with Gasteiger partial charge in [0.25, 0.3) is 0 Å². The highest BCUT2D eigenvalue weighted by molar-refractivity contribution is 5.81. The Morgan fingerprint density at radius 2 is 1.96 bits per heavy atom. The fraction of sp³-hybridized carbons (Fsp3) is 0.682. The molecule has 154 valence electrons. The summed E-state index contributed by atoms with van der Waals surface area (Å²) in [4.78, 5) is 14.6. The van der Waals surface area contributed by atoms with Gasteiger partial charge in [-0.3, -0.25) is 4.79 Å². The quantitative estimate of drug-likeness (QED) is 0.840. The number of likely N-dealkylation sites (tertiary alicyclic amines) is 1. The number of piperidine rings is 1. The van der Waals surface area contributed by atoms with Crippen LogP contribution in [0.3, 0.4) is 0 Å². The van der Waals surface area contributed by atoms with Crippen molar-refractivity contribution in [3.8, 4) is 11.5 Å². The number of benzene rings is 1. The maximum atomic E-state index is 12.1. The number of ether oxygens (including phenoxy) is 3. The maximum Gasteiger partial charge on any atom is 0.249 e. The number of hydrogen-bond acceptors (Lipinski definition) is 5. The predicted octanol–water partition coefficient (Wildman–Crippen LogP) is 2.61. The normalized spacial score (nSPS) is 27.0. The largest absolute Gasteiger partial charge is 0.486 e. The molecule has 0 saturated carbocycles. The van der Waals surface area contributed by atoms with Crippen LogP contribution in [-0.4, -0.2) is 61.4 Å². The van der Waals surface area contributed by atoms with Crippen molar-refractivity contribution >= 4 is 5.91 Å². The molecule has 1 spiro atoms. The third-order valence-electron chi connectivity index (χ3n) is 6.06. The van der Waals surface area contributed by atoms with Gasteiger partial charge in [-0.2, -0.15) is 0 Å². The minimum Gasteiger partial charge on any atom is -0.486 e. The van der Waals surface area contributed by atoms with Gasteiger partial charge >= 0.3 is 0 Å². The van der Waals surface area contributed by atoms with Gasteiger partial charge in [-0.1, -0.05) is 26.0 Å². The van der Waals surface area contributed by atoms with Gasteiger partial charge in [-0.15, -0.1) is 0 Å². The lowest BCUT2D eigenvalue weighted by Crippen LogP contribution is -2.60. The van der Waals surface area contributed by atoms with Crippen molar-refractivity contribution in [3.05, 3.63) is 24.3 Å². The smallest absolute Gasteiger partial charge is 0.249 e. The van der Waals surface area contributed by atoms with Crippen LogP contribution in [0.5, 0.6) is 11.5 Å². The molecular weight excluding hydrogens is 356 g/mol. The lowest BCUT2D eigenvalue weighted by atomic mass is 9.88. The summed E-state index contributed by atoms with van der Waals surface area (Å²) >= 11 is 0. The van der Waals surface area contributed by atoms with Gasteiger partial charge in [0.05, 0.1) is 5.60 Å². The summed E-state index contributed by atoms with van der Waals surface area (Å²) in [5.74, 6) is 2.19. The first-order chi connectivity index (χ1) is 13.5. The third-order valence-corrected chi connectivity index (χ3v) is 6.06. The summed E-state index contributed by atoms with van der Waals surface area (Å²) in [5, 5.41) is 3.09. The van der Waals surface area contributed by atoms with E-state index in [1.165, 1.54) is 0 Å². The molecule has 1 amide bonds. The van der Waals surface area contributed by atoms with E-state index < -0.39 is 0 Å². The third kappa shape index (κ3) is 4.44. The Bertz CT molecular complexity index is 685. The summed E-state index contributed by atoms with van der Waals surface area (Å²) in [6.45, 7) is 8.51. The van der Waals surface area contributed by atoms with E-state index in [-0.39, 0.29) is 23.7 Å². The molecule has 2 saturated heterocycles. The summed E-state index contributed by atoms with van der Waals surface area (Å²) in [5.41, 5.74) is -0.187. The minimum atomic E-state index is -0.298. The van der Waals surface area contributed by atoms with E-state index in [0.717, 1.165) is 56.8 Å². The van der Waals surface area contributed by atoms with Crippen molar-refractivity contribution in [1.29, 1.82) is 0 Å². The van der Waals surface area contributed by atoms with Gasteiger partial charge in [0.1, 0.15) is 18.8 Å². The van der Waals surface area contributed by atoms with Crippen molar-refractivity contribution in [2.75, 3.05) is 32.8 Å². The van der Waals surface area contributed by atoms with Gasteiger partial charge in [0.15, 0.2) is 11.5 Å². The first-order valence-electron chi connectivity index (χ1n) is 10.6. The van der Waals surface area contributed by atoms with Crippen LogP contribution in [-0.2, 0) is 9.53 Å². The number of carbonyl (C=O) groups excluding carboxylic acids is 1.